The molecule has 0 amide bonds. The number of aromatic nitrogens is 2. The zero-order valence-corrected chi connectivity index (χ0v) is 10.5. The fourth-order valence-corrected chi connectivity index (χ4v) is 2.00. The van der Waals surface area contributed by atoms with Gasteiger partial charge in [-0.05, 0) is 6.42 Å². The maximum atomic E-state index is 6.04. The van der Waals surface area contributed by atoms with Crippen LogP contribution in [0.4, 0.5) is 5.82 Å². The Morgan fingerprint density at radius 3 is 3.12 bits per heavy atom. The Morgan fingerprint density at radius 1 is 1.65 bits per heavy atom. The van der Waals surface area contributed by atoms with E-state index in [4.69, 9.17) is 5.73 Å². The Balaban J connectivity index is 1.80. The van der Waals surface area contributed by atoms with Crippen molar-refractivity contribution in [2.24, 2.45) is 5.73 Å². The van der Waals surface area contributed by atoms with Gasteiger partial charge in [0.2, 0.25) is 0 Å². The maximum Gasteiger partial charge on any atom is 0.124 e. The lowest BCUT2D eigenvalue weighted by atomic mass is 10.1. The number of rotatable bonds is 7. The van der Waals surface area contributed by atoms with Gasteiger partial charge in [0.25, 0.3) is 0 Å². The lowest BCUT2D eigenvalue weighted by Crippen LogP contribution is -2.44. The number of hydrogen-bond acceptors (Lipinski definition) is 4. The van der Waals surface area contributed by atoms with Crippen LogP contribution in [-0.4, -0.2) is 35.5 Å². The standard InChI is InChI=1S/C12H23N5/c1-2-3-4-10(13)7-15-12-5-6-16-17(12)11-8-14-9-11/h5-6,10-11,14-15H,2-4,7-9,13H2,1H3. The van der Waals surface area contributed by atoms with E-state index in [9.17, 15) is 0 Å². The minimum Gasteiger partial charge on any atom is -0.369 e. The molecule has 0 saturated carbocycles. The molecule has 0 radical (unpaired) electrons. The van der Waals surface area contributed by atoms with E-state index in [0.717, 1.165) is 31.9 Å². The second-order valence-corrected chi connectivity index (χ2v) is 4.76. The molecule has 0 aliphatic carbocycles. The topological polar surface area (TPSA) is 67.9 Å². The van der Waals surface area contributed by atoms with Crippen LogP contribution in [-0.2, 0) is 0 Å². The van der Waals surface area contributed by atoms with E-state index in [1.54, 1.807) is 0 Å². The lowest BCUT2D eigenvalue weighted by molar-refractivity contribution is 0.321. The van der Waals surface area contributed by atoms with E-state index < -0.39 is 0 Å². The van der Waals surface area contributed by atoms with Crippen molar-refractivity contribution in [2.75, 3.05) is 25.0 Å². The number of nitrogens with zero attached hydrogens (tertiary/aromatic N) is 2. The molecule has 1 fully saturated rings. The van der Waals surface area contributed by atoms with Gasteiger partial charge in [-0.1, -0.05) is 19.8 Å². The summed E-state index contributed by atoms with van der Waals surface area (Å²) in [6, 6.07) is 2.75. The molecule has 96 valence electrons. The zero-order valence-electron chi connectivity index (χ0n) is 10.5. The molecule has 17 heavy (non-hydrogen) atoms. The van der Waals surface area contributed by atoms with Crippen LogP contribution in [0.15, 0.2) is 12.3 Å². The Hall–Kier alpha value is -1.07. The highest BCUT2D eigenvalue weighted by Gasteiger charge is 2.21. The summed E-state index contributed by atoms with van der Waals surface area (Å²) in [6.07, 6.45) is 5.34. The highest BCUT2D eigenvalue weighted by atomic mass is 15.4. The second kappa shape index (κ2) is 6.02. The molecule has 1 aromatic rings. The summed E-state index contributed by atoms with van der Waals surface area (Å²) in [7, 11) is 0. The Bertz CT molecular complexity index is 331. The molecular formula is C12H23N5. The highest BCUT2D eigenvalue weighted by molar-refractivity contribution is 5.35. The van der Waals surface area contributed by atoms with E-state index in [1.807, 2.05) is 12.3 Å². The average molecular weight is 237 g/mol. The first-order valence-corrected chi connectivity index (χ1v) is 6.55. The van der Waals surface area contributed by atoms with Crippen molar-refractivity contribution in [1.29, 1.82) is 0 Å². The molecule has 2 heterocycles. The van der Waals surface area contributed by atoms with E-state index in [2.05, 4.69) is 27.3 Å². The van der Waals surface area contributed by atoms with Crippen LogP contribution in [0.3, 0.4) is 0 Å². The molecule has 0 bridgehead atoms. The maximum absolute atomic E-state index is 6.04. The number of nitrogens with two attached hydrogens (primary N) is 1. The van der Waals surface area contributed by atoms with Crippen molar-refractivity contribution in [2.45, 2.75) is 38.3 Å². The molecule has 1 atom stereocenters. The summed E-state index contributed by atoms with van der Waals surface area (Å²) >= 11 is 0. The fourth-order valence-electron chi connectivity index (χ4n) is 2.00. The Labute approximate surface area is 103 Å². The monoisotopic (exact) mass is 237 g/mol. The molecule has 0 aromatic carbocycles. The van der Waals surface area contributed by atoms with Crippen LogP contribution in [0.1, 0.15) is 32.2 Å². The van der Waals surface area contributed by atoms with E-state index >= 15 is 0 Å². The van der Waals surface area contributed by atoms with Gasteiger partial charge in [-0.3, -0.25) is 0 Å². The SMILES string of the molecule is CCCCC(N)CNc1ccnn1C1CNC1. The van der Waals surface area contributed by atoms with E-state index in [0.29, 0.717) is 6.04 Å². The van der Waals surface area contributed by atoms with Gasteiger partial charge < -0.3 is 16.4 Å². The van der Waals surface area contributed by atoms with Crippen molar-refractivity contribution >= 4 is 5.82 Å². The van der Waals surface area contributed by atoms with Gasteiger partial charge in [-0.2, -0.15) is 5.10 Å². The largest absolute Gasteiger partial charge is 0.369 e. The highest BCUT2D eigenvalue weighted by Crippen LogP contribution is 2.17. The average Bonchev–Trinajstić information content (AvgIpc) is 2.69. The first kappa shape index (κ1) is 12.4. The Morgan fingerprint density at radius 2 is 2.47 bits per heavy atom. The summed E-state index contributed by atoms with van der Waals surface area (Å²) in [5, 5.41) is 11.0. The van der Waals surface area contributed by atoms with Crippen LogP contribution < -0.4 is 16.4 Å². The molecule has 0 spiro atoms. The summed E-state index contributed by atoms with van der Waals surface area (Å²) < 4.78 is 2.06. The smallest absolute Gasteiger partial charge is 0.124 e. The van der Waals surface area contributed by atoms with Gasteiger partial charge in [0.05, 0.1) is 12.2 Å². The molecular weight excluding hydrogens is 214 g/mol. The third-order valence-corrected chi connectivity index (χ3v) is 3.25. The second-order valence-electron chi connectivity index (χ2n) is 4.76. The van der Waals surface area contributed by atoms with Gasteiger partial charge >= 0.3 is 0 Å². The van der Waals surface area contributed by atoms with Crippen LogP contribution in [0, 0.1) is 0 Å². The number of anilines is 1. The zero-order chi connectivity index (χ0) is 12.1. The van der Waals surface area contributed by atoms with Gasteiger partial charge in [0.1, 0.15) is 5.82 Å². The van der Waals surface area contributed by atoms with Gasteiger partial charge in [0, 0.05) is 31.7 Å². The quantitative estimate of drug-likeness (QED) is 0.660. The summed E-state index contributed by atoms with van der Waals surface area (Å²) in [6.45, 7) is 5.04. The van der Waals surface area contributed by atoms with Crippen molar-refractivity contribution in [3.63, 3.8) is 0 Å². The molecule has 1 unspecified atom stereocenters. The predicted molar refractivity (Wildman–Crippen MR) is 70.1 cm³/mol. The van der Waals surface area contributed by atoms with Gasteiger partial charge in [-0.25, -0.2) is 4.68 Å². The fraction of sp³-hybridized carbons (Fsp3) is 0.750. The molecule has 1 aromatic heterocycles. The van der Waals surface area contributed by atoms with Crippen molar-refractivity contribution in [1.82, 2.24) is 15.1 Å². The molecule has 5 nitrogen and oxygen atoms in total. The van der Waals surface area contributed by atoms with Crippen LogP contribution in [0.5, 0.6) is 0 Å². The first-order chi connectivity index (χ1) is 8.31. The third-order valence-electron chi connectivity index (χ3n) is 3.25. The molecule has 4 N–H and O–H groups in total. The minimum atomic E-state index is 0.234. The van der Waals surface area contributed by atoms with Crippen LogP contribution in [0.25, 0.3) is 0 Å². The summed E-state index contributed by atoms with van der Waals surface area (Å²) in [5.74, 6) is 1.09. The van der Waals surface area contributed by atoms with Crippen molar-refractivity contribution in [3.8, 4) is 0 Å². The van der Waals surface area contributed by atoms with Crippen LogP contribution in [0.2, 0.25) is 0 Å². The van der Waals surface area contributed by atoms with E-state index in [-0.39, 0.29) is 6.04 Å². The van der Waals surface area contributed by atoms with E-state index in [1.165, 1.54) is 12.8 Å². The minimum absolute atomic E-state index is 0.234. The summed E-state index contributed by atoms with van der Waals surface area (Å²) in [4.78, 5) is 0. The van der Waals surface area contributed by atoms with Gasteiger partial charge in [0.15, 0.2) is 0 Å². The molecule has 1 saturated heterocycles. The van der Waals surface area contributed by atoms with Crippen molar-refractivity contribution in [3.05, 3.63) is 12.3 Å². The van der Waals surface area contributed by atoms with Crippen molar-refractivity contribution < 1.29 is 0 Å². The molecule has 5 heteroatoms. The normalized spacial score (nSPS) is 17.8. The summed E-state index contributed by atoms with van der Waals surface area (Å²) in [5.41, 5.74) is 6.04. The molecule has 1 aliphatic heterocycles. The third kappa shape index (κ3) is 3.20. The number of unbranched alkanes of at least 4 members (excludes halogenated alkanes) is 1. The molecule has 1 aliphatic rings. The van der Waals surface area contributed by atoms with Gasteiger partial charge in [-0.15, -0.1) is 0 Å². The Kier molecular flexibility index (Phi) is 4.39. The molecule has 2 rings (SSSR count). The predicted octanol–water partition coefficient (Wildman–Crippen LogP) is 0.957. The lowest BCUT2D eigenvalue weighted by Gasteiger charge is -2.29. The number of hydrogen-bond donors (Lipinski definition) is 3. The number of nitrogens with one attached hydrogen (secondary N) is 2. The first-order valence-electron chi connectivity index (χ1n) is 6.55. The van der Waals surface area contributed by atoms with Crippen LogP contribution >= 0.6 is 0 Å².